The van der Waals surface area contributed by atoms with Gasteiger partial charge in [-0.25, -0.2) is 13.6 Å². The van der Waals surface area contributed by atoms with Crippen LogP contribution in [0.4, 0.5) is 5.82 Å². The fraction of sp³-hybridized carbons (Fsp3) is 0.545. The number of nitrogens with two attached hydrogens (primary N) is 1. The monoisotopic (exact) mass is 303 g/mol. The van der Waals surface area contributed by atoms with Gasteiger partial charge in [0.05, 0.1) is 12.4 Å². The van der Waals surface area contributed by atoms with E-state index in [-0.39, 0.29) is 29.9 Å². The summed E-state index contributed by atoms with van der Waals surface area (Å²) >= 11 is 0. The zero-order valence-electron chi connectivity index (χ0n) is 11.2. The molecule has 1 heterocycles. The van der Waals surface area contributed by atoms with E-state index in [4.69, 9.17) is 9.88 Å². The molecule has 1 rings (SSSR count). The largest absolute Gasteiger partial charge is 0.485 e. The summed E-state index contributed by atoms with van der Waals surface area (Å²) in [6, 6.07) is 2.92. The van der Waals surface area contributed by atoms with Crippen molar-refractivity contribution in [3.05, 3.63) is 28.4 Å². The van der Waals surface area contributed by atoms with Gasteiger partial charge in [0.15, 0.2) is 0 Å². The number of pyridine rings is 1. The Kier molecular flexibility index (Phi) is 5.40. The van der Waals surface area contributed by atoms with E-state index in [0.717, 1.165) is 0 Å². The van der Waals surface area contributed by atoms with Crippen molar-refractivity contribution in [2.75, 3.05) is 12.4 Å². The first-order valence-corrected chi connectivity index (χ1v) is 7.65. The molecule has 0 aliphatic carbocycles. The van der Waals surface area contributed by atoms with Crippen LogP contribution in [0.25, 0.3) is 0 Å². The van der Waals surface area contributed by atoms with Gasteiger partial charge in [-0.15, -0.1) is 0 Å². The van der Waals surface area contributed by atoms with Gasteiger partial charge < -0.3 is 14.9 Å². The maximum atomic E-state index is 11.1. The van der Waals surface area contributed by atoms with Crippen molar-refractivity contribution >= 4 is 15.8 Å². The van der Waals surface area contributed by atoms with Crippen LogP contribution in [0.1, 0.15) is 13.8 Å². The van der Waals surface area contributed by atoms with Crippen molar-refractivity contribution in [3.8, 4) is 5.75 Å². The molecule has 0 radical (unpaired) electrons. The Bertz CT molecular complexity index is 573. The van der Waals surface area contributed by atoms with Crippen molar-refractivity contribution in [1.82, 2.24) is 4.98 Å². The van der Waals surface area contributed by atoms with Gasteiger partial charge >= 0.3 is 5.82 Å². The Hall–Kier alpha value is -1.74. The minimum absolute atomic E-state index is 0.00375. The van der Waals surface area contributed by atoms with E-state index < -0.39 is 20.8 Å². The minimum Gasteiger partial charge on any atom is -0.485 e. The third-order valence-electron chi connectivity index (χ3n) is 2.77. The van der Waals surface area contributed by atoms with Crippen LogP contribution in [0.5, 0.6) is 5.75 Å². The molecule has 1 aromatic heterocycles. The molecule has 0 aliphatic heterocycles. The molecule has 1 aromatic rings. The normalized spacial score (nSPS) is 13.2. The second-order valence-corrected chi connectivity index (χ2v) is 6.39. The summed E-state index contributed by atoms with van der Waals surface area (Å²) in [5, 5.41) is 15.8. The summed E-state index contributed by atoms with van der Waals surface area (Å²) in [4.78, 5) is 13.7. The van der Waals surface area contributed by atoms with E-state index in [1.54, 1.807) is 0 Å². The second-order valence-electron chi connectivity index (χ2n) is 4.73. The van der Waals surface area contributed by atoms with Gasteiger partial charge in [0, 0.05) is 5.92 Å². The van der Waals surface area contributed by atoms with E-state index in [2.05, 4.69) is 4.98 Å². The van der Waals surface area contributed by atoms with Crippen LogP contribution in [0.15, 0.2) is 18.3 Å². The Morgan fingerprint density at radius 3 is 2.65 bits per heavy atom. The fourth-order valence-corrected chi connectivity index (χ4v) is 2.64. The topological polar surface area (TPSA) is 125 Å². The predicted molar refractivity (Wildman–Crippen MR) is 72.7 cm³/mol. The number of sulfonamides is 1. The average molecular weight is 303 g/mol. The Morgan fingerprint density at radius 1 is 1.50 bits per heavy atom. The minimum atomic E-state index is -3.63. The molecule has 0 saturated heterocycles. The molecular weight excluding hydrogens is 286 g/mol. The number of rotatable bonds is 7. The molecule has 0 saturated carbocycles. The molecule has 0 aliphatic rings. The van der Waals surface area contributed by atoms with Crippen LogP contribution < -0.4 is 9.88 Å². The first-order chi connectivity index (χ1) is 9.20. The SMILES string of the molecule is CC(C)C(COc1cccnc1[N+](=O)[O-])CS(N)(=O)=O. The molecule has 0 aromatic carbocycles. The van der Waals surface area contributed by atoms with Gasteiger partial charge in [0.25, 0.3) is 0 Å². The summed E-state index contributed by atoms with van der Waals surface area (Å²) in [6.45, 7) is 3.67. The second kappa shape index (κ2) is 6.62. The molecule has 0 spiro atoms. The van der Waals surface area contributed by atoms with Crippen molar-refractivity contribution in [1.29, 1.82) is 0 Å². The summed E-state index contributed by atoms with van der Waals surface area (Å²) in [6.07, 6.45) is 1.29. The third kappa shape index (κ3) is 5.10. The highest BCUT2D eigenvalue weighted by atomic mass is 32.2. The van der Waals surface area contributed by atoms with Crippen LogP contribution in [0.3, 0.4) is 0 Å². The molecule has 112 valence electrons. The maximum Gasteiger partial charge on any atom is 0.406 e. The lowest BCUT2D eigenvalue weighted by molar-refractivity contribution is -0.390. The van der Waals surface area contributed by atoms with Crippen LogP contribution in [-0.4, -0.2) is 30.7 Å². The summed E-state index contributed by atoms with van der Waals surface area (Å²) in [7, 11) is -3.63. The number of aromatic nitrogens is 1. The highest BCUT2D eigenvalue weighted by Crippen LogP contribution is 2.24. The van der Waals surface area contributed by atoms with E-state index >= 15 is 0 Å². The number of hydrogen-bond donors (Lipinski definition) is 1. The summed E-state index contributed by atoms with van der Waals surface area (Å²) in [5.74, 6) is -0.976. The highest BCUT2D eigenvalue weighted by molar-refractivity contribution is 7.89. The highest BCUT2D eigenvalue weighted by Gasteiger charge is 2.22. The maximum absolute atomic E-state index is 11.1. The molecule has 20 heavy (non-hydrogen) atoms. The number of primary sulfonamides is 1. The molecule has 1 unspecified atom stereocenters. The Balaban J connectivity index is 2.81. The smallest absolute Gasteiger partial charge is 0.406 e. The van der Waals surface area contributed by atoms with Gasteiger partial charge in [-0.3, -0.25) is 0 Å². The first-order valence-electron chi connectivity index (χ1n) is 5.93. The van der Waals surface area contributed by atoms with Crippen LogP contribution >= 0.6 is 0 Å². The molecule has 0 fully saturated rings. The quantitative estimate of drug-likeness (QED) is 0.590. The zero-order valence-corrected chi connectivity index (χ0v) is 12.0. The standard InChI is InChI=1S/C11H17N3O5S/c1-8(2)9(7-20(12,17)18)6-19-10-4-3-5-13-11(10)14(15)16/h3-5,8-9H,6-7H2,1-2H3,(H2,12,17,18). The molecule has 9 heteroatoms. The lowest BCUT2D eigenvalue weighted by Crippen LogP contribution is -2.30. The molecular formula is C11H17N3O5S. The van der Waals surface area contributed by atoms with Crippen LogP contribution in [0, 0.1) is 22.0 Å². The Labute approximate surface area is 117 Å². The van der Waals surface area contributed by atoms with Crippen molar-refractivity contribution in [2.45, 2.75) is 13.8 Å². The molecule has 0 amide bonds. The lowest BCUT2D eigenvalue weighted by Gasteiger charge is -2.19. The predicted octanol–water partition coefficient (Wildman–Crippen LogP) is 0.929. The van der Waals surface area contributed by atoms with Crippen molar-refractivity contribution in [2.24, 2.45) is 17.0 Å². The van der Waals surface area contributed by atoms with Gasteiger partial charge in [-0.05, 0) is 28.0 Å². The van der Waals surface area contributed by atoms with E-state index in [1.165, 1.54) is 18.3 Å². The van der Waals surface area contributed by atoms with Crippen LogP contribution in [-0.2, 0) is 10.0 Å². The van der Waals surface area contributed by atoms with E-state index in [0.29, 0.717) is 0 Å². The summed E-state index contributed by atoms with van der Waals surface area (Å²) in [5.41, 5.74) is 0. The number of hydrogen-bond acceptors (Lipinski definition) is 6. The van der Waals surface area contributed by atoms with Gasteiger partial charge in [-0.1, -0.05) is 13.8 Å². The molecule has 2 N–H and O–H groups in total. The number of nitrogens with zero attached hydrogens (tertiary/aromatic N) is 2. The van der Waals surface area contributed by atoms with Crippen molar-refractivity contribution in [3.63, 3.8) is 0 Å². The first kappa shape index (κ1) is 16.3. The molecule has 8 nitrogen and oxygen atoms in total. The Morgan fingerprint density at radius 2 is 2.15 bits per heavy atom. The van der Waals surface area contributed by atoms with Gasteiger partial charge in [-0.2, -0.15) is 0 Å². The number of nitro groups is 1. The molecule has 0 bridgehead atoms. The fourth-order valence-electron chi connectivity index (χ4n) is 1.56. The van der Waals surface area contributed by atoms with Gasteiger partial charge in [0.1, 0.15) is 6.20 Å². The zero-order chi connectivity index (χ0) is 15.3. The third-order valence-corrected chi connectivity index (χ3v) is 3.66. The van der Waals surface area contributed by atoms with Gasteiger partial charge in [0.2, 0.25) is 15.8 Å². The molecule has 1 atom stereocenters. The van der Waals surface area contributed by atoms with E-state index in [1.807, 2.05) is 13.8 Å². The van der Waals surface area contributed by atoms with Crippen molar-refractivity contribution < 1.29 is 18.1 Å². The average Bonchev–Trinajstić information content (AvgIpc) is 2.33. The summed E-state index contributed by atoms with van der Waals surface area (Å²) < 4.78 is 27.6. The lowest BCUT2D eigenvalue weighted by atomic mass is 9.99. The number of ether oxygens (including phenoxy) is 1. The van der Waals surface area contributed by atoms with E-state index in [9.17, 15) is 18.5 Å². The van der Waals surface area contributed by atoms with Crippen LogP contribution in [0.2, 0.25) is 0 Å².